The van der Waals surface area contributed by atoms with Crippen molar-refractivity contribution in [3.63, 3.8) is 0 Å². The van der Waals surface area contributed by atoms with Crippen LogP contribution in [-0.2, 0) is 19.5 Å². The highest BCUT2D eigenvalue weighted by molar-refractivity contribution is 8.01. The van der Waals surface area contributed by atoms with Crippen molar-refractivity contribution in [3.8, 4) is 5.75 Å². The maximum Gasteiger partial charge on any atom is 0.247 e. The Kier molecular flexibility index (Phi) is 6.45. The first kappa shape index (κ1) is 18.2. The molecule has 126 valence electrons. The highest BCUT2D eigenvalue weighted by atomic mass is 32.3. The van der Waals surface area contributed by atoms with Gasteiger partial charge in [-0.05, 0) is 31.2 Å². The van der Waals surface area contributed by atoms with E-state index in [-0.39, 0.29) is 17.3 Å². The number of methoxy groups -OCH3 is 1. The van der Waals surface area contributed by atoms with Gasteiger partial charge in [0, 0.05) is 7.11 Å². The zero-order valence-electron chi connectivity index (χ0n) is 12.6. The second kappa shape index (κ2) is 8.13. The Bertz CT molecular complexity index is 744. The van der Waals surface area contributed by atoms with E-state index in [9.17, 15) is 8.42 Å². The van der Waals surface area contributed by atoms with Crippen molar-refractivity contribution < 1.29 is 22.6 Å². The first-order chi connectivity index (χ1) is 10.9. The van der Waals surface area contributed by atoms with Crippen LogP contribution in [0.15, 0.2) is 49.7 Å². The summed E-state index contributed by atoms with van der Waals surface area (Å²) in [5, 5.41) is 5.12. The lowest BCUT2D eigenvalue weighted by Crippen LogP contribution is -2.14. The van der Waals surface area contributed by atoms with E-state index in [1.165, 1.54) is 17.8 Å². The van der Waals surface area contributed by atoms with Gasteiger partial charge < -0.3 is 14.2 Å². The van der Waals surface area contributed by atoms with E-state index in [4.69, 9.17) is 19.3 Å². The summed E-state index contributed by atoms with van der Waals surface area (Å²) >= 11 is 2.52. The van der Waals surface area contributed by atoms with Crippen molar-refractivity contribution in [2.24, 2.45) is 5.14 Å². The maximum absolute atomic E-state index is 11.3. The molecule has 0 saturated carbocycles. The van der Waals surface area contributed by atoms with Crippen LogP contribution in [0.5, 0.6) is 5.75 Å². The molecule has 0 amide bonds. The van der Waals surface area contributed by atoms with Gasteiger partial charge in [-0.3, -0.25) is 0 Å². The fourth-order valence-corrected chi connectivity index (χ4v) is 4.59. The lowest BCUT2D eigenvalue weighted by molar-refractivity contribution is -0.150. The largest absolute Gasteiger partial charge is 0.466 e. The van der Waals surface area contributed by atoms with Crippen LogP contribution < -0.4 is 9.88 Å². The van der Waals surface area contributed by atoms with Gasteiger partial charge in [-0.2, -0.15) is 0 Å². The minimum Gasteiger partial charge on any atom is -0.466 e. The molecule has 1 unspecified atom stereocenters. The third-order valence-electron chi connectivity index (χ3n) is 2.75. The van der Waals surface area contributed by atoms with Crippen LogP contribution in [0, 0.1) is 0 Å². The van der Waals surface area contributed by atoms with E-state index in [2.05, 4.69) is 0 Å². The molecular formula is C14H17NO5S3. The molecule has 0 aliphatic carbocycles. The van der Waals surface area contributed by atoms with Crippen molar-refractivity contribution in [1.82, 2.24) is 0 Å². The summed E-state index contributed by atoms with van der Waals surface area (Å²) in [6.07, 6.45) is -0.357. The number of rotatable bonds is 8. The van der Waals surface area contributed by atoms with Crippen LogP contribution in [0.3, 0.4) is 0 Å². The Hall–Kier alpha value is -1.10. The molecule has 0 aliphatic heterocycles. The normalized spacial score (nSPS) is 13.0. The number of nitrogens with two attached hydrogens (primary N) is 1. The van der Waals surface area contributed by atoms with E-state index in [0.717, 1.165) is 20.4 Å². The zero-order valence-corrected chi connectivity index (χ0v) is 15.0. The lowest BCUT2D eigenvalue weighted by Gasteiger charge is -2.13. The molecule has 2 N–H and O–H groups in total. The predicted molar refractivity (Wildman–Crippen MR) is 89.3 cm³/mol. The number of primary sulfonamides is 1. The number of ether oxygens (including phenoxy) is 3. The monoisotopic (exact) mass is 375 g/mol. The minimum absolute atomic E-state index is 0.0550. The number of para-hydroxylation sites is 1. The van der Waals surface area contributed by atoms with Crippen molar-refractivity contribution >= 4 is 33.1 Å². The highest BCUT2D eigenvalue weighted by Gasteiger charge is 2.13. The molecule has 0 saturated heterocycles. The third kappa shape index (κ3) is 5.48. The van der Waals surface area contributed by atoms with Crippen molar-refractivity contribution in [2.75, 3.05) is 13.9 Å². The summed E-state index contributed by atoms with van der Waals surface area (Å²) in [5.74, 6) is 0.645. The minimum atomic E-state index is -3.67. The number of hydrogen-bond donors (Lipinski definition) is 1. The molecule has 1 heterocycles. The van der Waals surface area contributed by atoms with Crippen molar-refractivity contribution in [3.05, 3.63) is 36.4 Å². The highest BCUT2D eigenvalue weighted by Crippen LogP contribution is 2.39. The van der Waals surface area contributed by atoms with Crippen molar-refractivity contribution in [1.29, 1.82) is 0 Å². The second-order valence-electron chi connectivity index (χ2n) is 4.40. The standard InChI is InChI=1S/C14H17NO5S3/c1-10(18-2)19-9-20-11-5-3-4-6-12(11)21-13-7-8-14(22-13)23(15,16)17/h3-8,10H,9H2,1-2H3,(H2,15,16,17). The summed E-state index contributed by atoms with van der Waals surface area (Å²) in [7, 11) is -2.12. The fourth-order valence-electron chi connectivity index (χ4n) is 1.53. The van der Waals surface area contributed by atoms with E-state index in [1.807, 2.05) is 24.3 Å². The molecule has 0 aliphatic rings. The molecule has 1 atom stereocenters. The van der Waals surface area contributed by atoms with Crippen LogP contribution in [0.1, 0.15) is 6.92 Å². The third-order valence-corrected chi connectivity index (χ3v) is 6.46. The van der Waals surface area contributed by atoms with Crippen LogP contribution >= 0.6 is 23.1 Å². The van der Waals surface area contributed by atoms with Gasteiger partial charge in [-0.25, -0.2) is 13.6 Å². The number of benzene rings is 1. The van der Waals surface area contributed by atoms with Gasteiger partial charge in [-0.1, -0.05) is 23.9 Å². The Labute approximate surface area is 143 Å². The predicted octanol–water partition coefficient (Wildman–Crippen LogP) is 2.89. The molecule has 0 bridgehead atoms. The van der Waals surface area contributed by atoms with Gasteiger partial charge in [0.25, 0.3) is 0 Å². The van der Waals surface area contributed by atoms with Gasteiger partial charge in [0.05, 0.1) is 9.10 Å². The summed E-state index contributed by atoms with van der Waals surface area (Å²) in [5.41, 5.74) is 0. The van der Waals surface area contributed by atoms with Crippen LogP contribution in [0.4, 0.5) is 0 Å². The van der Waals surface area contributed by atoms with Crippen molar-refractivity contribution in [2.45, 2.75) is 26.5 Å². The molecule has 2 aromatic rings. The molecule has 0 spiro atoms. The van der Waals surface area contributed by atoms with Crippen LogP contribution in [0.25, 0.3) is 0 Å². The quantitative estimate of drug-likeness (QED) is 0.714. The SMILES string of the molecule is COC(C)OCOc1ccccc1Sc1ccc(S(N)(=O)=O)s1. The molecule has 23 heavy (non-hydrogen) atoms. The fraction of sp³-hybridized carbons (Fsp3) is 0.286. The van der Waals surface area contributed by atoms with Gasteiger partial charge in [0.2, 0.25) is 10.0 Å². The number of hydrogen-bond acceptors (Lipinski definition) is 7. The zero-order chi connectivity index (χ0) is 16.9. The van der Waals surface area contributed by atoms with Crippen LogP contribution in [0.2, 0.25) is 0 Å². The number of thiophene rings is 1. The molecule has 1 aromatic heterocycles. The smallest absolute Gasteiger partial charge is 0.247 e. The topological polar surface area (TPSA) is 87.8 Å². The molecule has 9 heteroatoms. The number of sulfonamides is 1. The summed E-state index contributed by atoms with van der Waals surface area (Å²) in [6, 6.07) is 10.6. The molecule has 0 radical (unpaired) electrons. The maximum atomic E-state index is 11.3. The average molecular weight is 375 g/mol. The molecule has 6 nitrogen and oxygen atoms in total. The Morgan fingerprint density at radius 3 is 2.65 bits per heavy atom. The summed E-state index contributed by atoms with van der Waals surface area (Å²) in [4.78, 5) is 0.851. The summed E-state index contributed by atoms with van der Waals surface area (Å²) in [6.45, 7) is 1.82. The van der Waals surface area contributed by atoms with Crippen LogP contribution in [-0.4, -0.2) is 28.6 Å². The average Bonchev–Trinajstić information content (AvgIpc) is 2.97. The molecule has 2 rings (SSSR count). The molecule has 1 aromatic carbocycles. The van der Waals surface area contributed by atoms with E-state index < -0.39 is 10.0 Å². The molecular weight excluding hydrogens is 358 g/mol. The van der Waals surface area contributed by atoms with Gasteiger partial charge in [0.1, 0.15) is 9.96 Å². The first-order valence-corrected chi connectivity index (χ1v) is 9.75. The first-order valence-electron chi connectivity index (χ1n) is 6.57. The van der Waals surface area contributed by atoms with Gasteiger partial charge in [0.15, 0.2) is 13.1 Å². The Morgan fingerprint density at radius 2 is 2.00 bits per heavy atom. The molecule has 0 fully saturated rings. The summed E-state index contributed by atoms with van der Waals surface area (Å²) < 4.78 is 39.5. The Morgan fingerprint density at radius 1 is 1.26 bits per heavy atom. The van der Waals surface area contributed by atoms with E-state index >= 15 is 0 Å². The lowest BCUT2D eigenvalue weighted by atomic mass is 10.3. The Balaban J connectivity index is 2.07. The van der Waals surface area contributed by atoms with Gasteiger partial charge >= 0.3 is 0 Å². The van der Waals surface area contributed by atoms with E-state index in [0.29, 0.717) is 5.75 Å². The second-order valence-corrected chi connectivity index (χ2v) is 8.61. The van der Waals surface area contributed by atoms with Gasteiger partial charge in [-0.15, -0.1) is 11.3 Å². The van der Waals surface area contributed by atoms with E-state index in [1.54, 1.807) is 20.1 Å².